The smallest absolute Gasteiger partial charge is 0.203 e. The molecule has 0 fully saturated rings. The Morgan fingerprint density at radius 1 is 1.47 bits per heavy atom. The Balaban J connectivity index is 2.46. The summed E-state index contributed by atoms with van der Waals surface area (Å²) in [5.41, 5.74) is 1.07. The Labute approximate surface area is 104 Å². The lowest BCUT2D eigenvalue weighted by molar-refractivity contribution is 0.147. The molecule has 0 aliphatic carbocycles. The molecule has 1 heterocycles. The Morgan fingerprint density at radius 2 is 2.24 bits per heavy atom. The van der Waals surface area contributed by atoms with E-state index in [0.717, 1.165) is 44.2 Å². The highest BCUT2D eigenvalue weighted by atomic mass is 16.5. The van der Waals surface area contributed by atoms with E-state index in [9.17, 15) is 0 Å². The van der Waals surface area contributed by atoms with Crippen LogP contribution in [-0.2, 0) is 4.74 Å². The number of imidazole rings is 1. The van der Waals surface area contributed by atoms with Gasteiger partial charge in [-0.25, -0.2) is 4.98 Å². The SMILES string of the molecule is CCOCCCNc1nc(C)cn1C(C)CC. The summed E-state index contributed by atoms with van der Waals surface area (Å²) in [5.74, 6) is 0.980. The van der Waals surface area contributed by atoms with Crippen molar-refractivity contribution in [2.24, 2.45) is 0 Å². The minimum Gasteiger partial charge on any atom is -0.382 e. The van der Waals surface area contributed by atoms with Gasteiger partial charge in [0.15, 0.2) is 0 Å². The first-order chi connectivity index (χ1) is 8.19. The van der Waals surface area contributed by atoms with Crippen molar-refractivity contribution >= 4 is 5.95 Å². The van der Waals surface area contributed by atoms with Crippen molar-refractivity contribution in [1.82, 2.24) is 9.55 Å². The van der Waals surface area contributed by atoms with Gasteiger partial charge < -0.3 is 14.6 Å². The van der Waals surface area contributed by atoms with Gasteiger partial charge in [-0.1, -0.05) is 6.92 Å². The van der Waals surface area contributed by atoms with Gasteiger partial charge in [0, 0.05) is 32.0 Å². The third kappa shape index (κ3) is 4.38. The number of aromatic nitrogens is 2. The molecule has 0 saturated heterocycles. The molecule has 0 aromatic carbocycles. The van der Waals surface area contributed by atoms with Crippen LogP contribution in [0.15, 0.2) is 6.20 Å². The lowest BCUT2D eigenvalue weighted by Crippen LogP contribution is -2.12. The molecular formula is C13H25N3O. The molecule has 1 aromatic rings. The number of aryl methyl sites for hydroxylation is 1. The zero-order valence-electron chi connectivity index (χ0n) is 11.5. The van der Waals surface area contributed by atoms with Crippen molar-refractivity contribution in [3.8, 4) is 0 Å². The van der Waals surface area contributed by atoms with Crippen molar-refractivity contribution < 1.29 is 4.74 Å². The predicted molar refractivity (Wildman–Crippen MR) is 71.6 cm³/mol. The fourth-order valence-electron chi connectivity index (χ4n) is 1.70. The van der Waals surface area contributed by atoms with E-state index in [0.29, 0.717) is 6.04 Å². The van der Waals surface area contributed by atoms with Crippen LogP contribution in [-0.4, -0.2) is 29.3 Å². The Morgan fingerprint density at radius 3 is 2.88 bits per heavy atom. The van der Waals surface area contributed by atoms with Crippen molar-refractivity contribution in [2.75, 3.05) is 25.1 Å². The van der Waals surface area contributed by atoms with Crippen LogP contribution in [0.25, 0.3) is 0 Å². The molecule has 1 unspecified atom stereocenters. The maximum Gasteiger partial charge on any atom is 0.203 e. The second-order valence-electron chi connectivity index (χ2n) is 4.35. The van der Waals surface area contributed by atoms with Gasteiger partial charge >= 0.3 is 0 Å². The average Bonchev–Trinajstić information content (AvgIpc) is 2.69. The second kappa shape index (κ2) is 7.33. The Hall–Kier alpha value is -1.03. The summed E-state index contributed by atoms with van der Waals surface area (Å²) in [6, 6.07) is 0.491. The van der Waals surface area contributed by atoms with Crippen LogP contribution in [0.3, 0.4) is 0 Å². The summed E-state index contributed by atoms with van der Waals surface area (Å²) in [6.45, 7) is 11.0. The lowest BCUT2D eigenvalue weighted by atomic mass is 10.2. The quantitative estimate of drug-likeness (QED) is 0.709. The van der Waals surface area contributed by atoms with Crippen LogP contribution in [0.1, 0.15) is 45.3 Å². The molecular weight excluding hydrogens is 214 g/mol. The van der Waals surface area contributed by atoms with E-state index in [4.69, 9.17) is 4.74 Å². The van der Waals surface area contributed by atoms with Crippen molar-refractivity contribution in [3.63, 3.8) is 0 Å². The summed E-state index contributed by atoms with van der Waals surface area (Å²) in [7, 11) is 0. The van der Waals surface area contributed by atoms with E-state index in [1.54, 1.807) is 0 Å². The van der Waals surface area contributed by atoms with Gasteiger partial charge in [0.05, 0.1) is 5.69 Å². The summed E-state index contributed by atoms with van der Waals surface area (Å²) >= 11 is 0. The fourth-order valence-corrected chi connectivity index (χ4v) is 1.70. The molecule has 4 nitrogen and oxygen atoms in total. The van der Waals surface area contributed by atoms with Crippen LogP contribution in [0, 0.1) is 6.92 Å². The van der Waals surface area contributed by atoms with E-state index in [1.165, 1.54) is 0 Å². The highest BCUT2D eigenvalue weighted by molar-refractivity contribution is 5.29. The minimum absolute atomic E-state index is 0.491. The van der Waals surface area contributed by atoms with Crippen LogP contribution < -0.4 is 5.32 Å². The van der Waals surface area contributed by atoms with Gasteiger partial charge in [0.25, 0.3) is 0 Å². The maximum absolute atomic E-state index is 5.31. The molecule has 0 bridgehead atoms. The van der Waals surface area contributed by atoms with Crippen LogP contribution in [0.2, 0.25) is 0 Å². The number of hydrogen-bond acceptors (Lipinski definition) is 3. The summed E-state index contributed by atoms with van der Waals surface area (Å²) in [6.07, 6.45) is 4.24. The molecule has 1 atom stereocenters. The maximum atomic E-state index is 5.31. The highest BCUT2D eigenvalue weighted by Crippen LogP contribution is 2.18. The first kappa shape index (κ1) is 14.0. The van der Waals surface area contributed by atoms with E-state index in [2.05, 4.69) is 34.9 Å². The number of hydrogen-bond donors (Lipinski definition) is 1. The number of anilines is 1. The molecule has 0 aliphatic heterocycles. The van der Waals surface area contributed by atoms with Gasteiger partial charge in [-0.3, -0.25) is 0 Å². The van der Waals surface area contributed by atoms with Gasteiger partial charge in [-0.15, -0.1) is 0 Å². The zero-order chi connectivity index (χ0) is 12.7. The molecule has 4 heteroatoms. The van der Waals surface area contributed by atoms with E-state index in [1.807, 2.05) is 13.8 Å². The lowest BCUT2D eigenvalue weighted by Gasteiger charge is -2.15. The molecule has 98 valence electrons. The van der Waals surface area contributed by atoms with Gasteiger partial charge in [0.2, 0.25) is 5.95 Å². The van der Waals surface area contributed by atoms with Crippen molar-refractivity contribution in [1.29, 1.82) is 0 Å². The second-order valence-corrected chi connectivity index (χ2v) is 4.35. The topological polar surface area (TPSA) is 39.1 Å². The predicted octanol–water partition coefficient (Wildman–Crippen LogP) is 3.00. The van der Waals surface area contributed by atoms with Crippen molar-refractivity contribution in [2.45, 2.75) is 46.6 Å². The van der Waals surface area contributed by atoms with E-state index in [-0.39, 0.29) is 0 Å². The van der Waals surface area contributed by atoms with Crippen LogP contribution >= 0.6 is 0 Å². The van der Waals surface area contributed by atoms with Crippen LogP contribution in [0.4, 0.5) is 5.95 Å². The minimum atomic E-state index is 0.491. The van der Waals surface area contributed by atoms with Gasteiger partial charge in [-0.2, -0.15) is 0 Å². The Kier molecular flexibility index (Phi) is 6.05. The molecule has 1 rings (SSSR count). The van der Waals surface area contributed by atoms with Gasteiger partial charge in [0.1, 0.15) is 0 Å². The summed E-state index contributed by atoms with van der Waals surface area (Å²) in [4.78, 5) is 4.51. The van der Waals surface area contributed by atoms with E-state index < -0.39 is 0 Å². The standard InChI is InChI=1S/C13H25N3O/c1-5-12(4)16-10-11(3)15-13(16)14-8-7-9-17-6-2/h10,12H,5-9H2,1-4H3,(H,14,15). The molecule has 1 aromatic heterocycles. The molecule has 1 N–H and O–H groups in total. The molecule has 0 aliphatic rings. The van der Waals surface area contributed by atoms with E-state index >= 15 is 0 Å². The molecule has 0 amide bonds. The summed E-state index contributed by atoms with van der Waals surface area (Å²) in [5, 5.41) is 3.38. The summed E-state index contributed by atoms with van der Waals surface area (Å²) < 4.78 is 7.53. The molecule has 0 saturated carbocycles. The highest BCUT2D eigenvalue weighted by Gasteiger charge is 2.09. The fraction of sp³-hybridized carbons (Fsp3) is 0.769. The average molecular weight is 239 g/mol. The third-order valence-electron chi connectivity index (χ3n) is 2.87. The van der Waals surface area contributed by atoms with Crippen molar-refractivity contribution in [3.05, 3.63) is 11.9 Å². The zero-order valence-corrected chi connectivity index (χ0v) is 11.5. The third-order valence-corrected chi connectivity index (χ3v) is 2.87. The number of rotatable bonds is 8. The largest absolute Gasteiger partial charge is 0.382 e. The molecule has 17 heavy (non-hydrogen) atoms. The normalized spacial score (nSPS) is 12.7. The molecule has 0 radical (unpaired) electrons. The molecule has 0 spiro atoms. The van der Waals surface area contributed by atoms with Crippen LogP contribution in [0.5, 0.6) is 0 Å². The Bertz CT molecular complexity index is 322. The van der Waals surface area contributed by atoms with Gasteiger partial charge in [-0.05, 0) is 33.6 Å². The first-order valence-corrected chi connectivity index (χ1v) is 6.56. The first-order valence-electron chi connectivity index (χ1n) is 6.56. The number of ether oxygens (including phenoxy) is 1. The number of nitrogens with zero attached hydrogens (tertiary/aromatic N) is 2. The monoisotopic (exact) mass is 239 g/mol. The number of nitrogens with one attached hydrogen (secondary N) is 1.